The number of ether oxygens (including phenoxy) is 1. The van der Waals surface area contributed by atoms with Crippen molar-refractivity contribution in [3.8, 4) is 17.1 Å². The van der Waals surface area contributed by atoms with Gasteiger partial charge in [0.25, 0.3) is 5.91 Å². The van der Waals surface area contributed by atoms with Crippen molar-refractivity contribution in [3.63, 3.8) is 0 Å². The van der Waals surface area contributed by atoms with Crippen LogP contribution >= 0.6 is 0 Å². The molecule has 24 heavy (non-hydrogen) atoms. The third kappa shape index (κ3) is 2.54. The van der Waals surface area contributed by atoms with Crippen LogP contribution in [-0.4, -0.2) is 17.0 Å². The maximum atomic E-state index is 12.6. The maximum absolute atomic E-state index is 12.6. The van der Waals surface area contributed by atoms with Crippen molar-refractivity contribution >= 4 is 11.6 Å². The molecule has 1 amide bonds. The molecule has 1 aliphatic rings. The summed E-state index contributed by atoms with van der Waals surface area (Å²) in [6.45, 7) is 2.00. The van der Waals surface area contributed by atoms with Crippen LogP contribution < -0.4 is 10.1 Å². The number of nitrogens with zero attached hydrogens (tertiary/aromatic N) is 1. The Morgan fingerprint density at radius 3 is 2.83 bits per heavy atom. The molecule has 0 fully saturated rings. The molecule has 1 aliphatic heterocycles. The smallest absolute Gasteiger partial charge is 0.266 e. The standard InChI is InChI=1S/C19H16N2O3/c1-12-15-7-2-3-8-16(15)24-18(12)19(22)21-14-6-4-5-13(9-14)17-10-20-11-23-17/h2-12,18H,1H3,(H,21,22)/t12-,18+/m0/s1. The van der Waals surface area contributed by atoms with Crippen molar-refractivity contribution in [2.45, 2.75) is 18.9 Å². The van der Waals surface area contributed by atoms with Crippen LogP contribution in [0.15, 0.2) is 65.5 Å². The number of anilines is 1. The molecule has 2 atom stereocenters. The third-order valence-corrected chi connectivity index (χ3v) is 4.22. The zero-order valence-corrected chi connectivity index (χ0v) is 13.1. The molecule has 0 saturated heterocycles. The molecule has 0 bridgehead atoms. The molecule has 2 aromatic carbocycles. The monoisotopic (exact) mass is 320 g/mol. The van der Waals surface area contributed by atoms with Crippen molar-refractivity contribution in [3.05, 3.63) is 66.7 Å². The van der Waals surface area contributed by atoms with E-state index >= 15 is 0 Å². The van der Waals surface area contributed by atoms with E-state index in [0.29, 0.717) is 11.4 Å². The lowest BCUT2D eigenvalue weighted by molar-refractivity contribution is -0.122. The summed E-state index contributed by atoms with van der Waals surface area (Å²) in [5.74, 6) is 1.29. The van der Waals surface area contributed by atoms with Crippen molar-refractivity contribution < 1.29 is 13.9 Å². The fourth-order valence-electron chi connectivity index (χ4n) is 2.97. The molecule has 0 spiro atoms. The summed E-state index contributed by atoms with van der Waals surface area (Å²) in [7, 11) is 0. The van der Waals surface area contributed by atoms with Crippen LogP contribution in [-0.2, 0) is 4.79 Å². The van der Waals surface area contributed by atoms with Gasteiger partial charge in [0.1, 0.15) is 5.75 Å². The van der Waals surface area contributed by atoms with Gasteiger partial charge in [0.05, 0.1) is 6.20 Å². The van der Waals surface area contributed by atoms with Crippen LogP contribution in [0.2, 0.25) is 0 Å². The number of para-hydroxylation sites is 1. The Balaban J connectivity index is 1.52. The number of rotatable bonds is 3. The van der Waals surface area contributed by atoms with Gasteiger partial charge in [0, 0.05) is 22.7 Å². The van der Waals surface area contributed by atoms with E-state index in [2.05, 4.69) is 10.3 Å². The van der Waals surface area contributed by atoms with E-state index in [-0.39, 0.29) is 11.8 Å². The van der Waals surface area contributed by atoms with E-state index in [1.54, 1.807) is 6.20 Å². The van der Waals surface area contributed by atoms with Crippen LogP contribution in [0.1, 0.15) is 18.4 Å². The number of nitrogens with one attached hydrogen (secondary N) is 1. The Morgan fingerprint density at radius 2 is 2.04 bits per heavy atom. The molecule has 1 N–H and O–H groups in total. The molecule has 0 radical (unpaired) electrons. The number of carbonyl (C=O) groups is 1. The van der Waals surface area contributed by atoms with Crippen molar-refractivity contribution in [2.24, 2.45) is 0 Å². The van der Waals surface area contributed by atoms with Gasteiger partial charge in [0.2, 0.25) is 0 Å². The molecule has 0 saturated carbocycles. The first kappa shape index (κ1) is 14.5. The van der Waals surface area contributed by atoms with E-state index in [1.165, 1.54) is 6.39 Å². The van der Waals surface area contributed by atoms with Crippen LogP contribution in [0.3, 0.4) is 0 Å². The quantitative estimate of drug-likeness (QED) is 0.796. The maximum Gasteiger partial charge on any atom is 0.266 e. The van der Waals surface area contributed by atoms with Crippen LogP contribution in [0, 0.1) is 0 Å². The van der Waals surface area contributed by atoms with Crippen molar-refractivity contribution in [2.75, 3.05) is 5.32 Å². The van der Waals surface area contributed by atoms with Gasteiger partial charge in [-0.3, -0.25) is 4.79 Å². The average molecular weight is 320 g/mol. The molecule has 3 aromatic rings. The molecular weight excluding hydrogens is 304 g/mol. The number of aromatic nitrogens is 1. The second-order valence-electron chi connectivity index (χ2n) is 5.80. The largest absolute Gasteiger partial charge is 0.480 e. The molecule has 2 heterocycles. The van der Waals surface area contributed by atoms with Crippen LogP contribution in [0.4, 0.5) is 5.69 Å². The van der Waals surface area contributed by atoms with Gasteiger partial charge >= 0.3 is 0 Å². The summed E-state index contributed by atoms with van der Waals surface area (Å²) < 4.78 is 11.1. The summed E-state index contributed by atoms with van der Waals surface area (Å²) in [6.07, 6.45) is 2.49. The lowest BCUT2D eigenvalue weighted by Crippen LogP contribution is -2.33. The van der Waals surface area contributed by atoms with Gasteiger partial charge in [-0.25, -0.2) is 4.98 Å². The molecule has 1 aromatic heterocycles. The normalized spacial score (nSPS) is 18.7. The Bertz CT molecular complexity index is 874. The van der Waals surface area contributed by atoms with Crippen molar-refractivity contribution in [1.82, 2.24) is 4.98 Å². The summed E-state index contributed by atoms with van der Waals surface area (Å²) in [5.41, 5.74) is 2.61. The first-order valence-corrected chi connectivity index (χ1v) is 7.78. The van der Waals surface area contributed by atoms with Gasteiger partial charge < -0.3 is 14.5 Å². The Hall–Kier alpha value is -3.08. The highest BCUT2D eigenvalue weighted by molar-refractivity contribution is 5.96. The second-order valence-corrected chi connectivity index (χ2v) is 5.80. The van der Waals surface area contributed by atoms with E-state index in [4.69, 9.17) is 9.15 Å². The number of hydrogen-bond donors (Lipinski definition) is 1. The first-order valence-electron chi connectivity index (χ1n) is 7.78. The summed E-state index contributed by atoms with van der Waals surface area (Å²) in [4.78, 5) is 16.5. The average Bonchev–Trinajstić information content (AvgIpc) is 3.24. The molecular formula is C19H16N2O3. The van der Waals surface area contributed by atoms with E-state index in [9.17, 15) is 4.79 Å². The van der Waals surface area contributed by atoms with Gasteiger partial charge in [-0.1, -0.05) is 37.3 Å². The Morgan fingerprint density at radius 1 is 1.17 bits per heavy atom. The van der Waals surface area contributed by atoms with Gasteiger partial charge in [-0.15, -0.1) is 0 Å². The number of hydrogen-bond acceptors (Lipinski definition) is 4. The topological polar surface area (TPSA) is 64.4 Å². The van der Waals surface area contributed by atoms with Gasteiger partial charge in [-0.2, -0.15) is 0 Å². The zero-order chi connectivity index (χ0) is 16.5. The minimum Gasteiger partial charge on any atom is -0.480 e. The zero-order valence-electron chi connectivity index (χ0n) is 13.1. The number of oxazole rings is 1. The van der Waals surface area contributed by atoms with Gasteiger partial charge in [0.15, 0.2) is 18.3 Å². The van der Waals surface area contributed by atoms with E-state index < -0.39 is 6.10 Å². The molecule has 0 aliphatic carbocycles. The lowest BCUT2D eigenvalue weighted by Gasteiger charge is -2.15. The minimum absolute atomic E-state index is 0.0126. The fourth-order valence-corrected chi connectivity index (χ4v) is 2.97. The SMILES string of the molecule is C[C@H]1c2ccccc2O[C@H]1C(=O)Nc1cccc(-c2cnco2)c1. The highest BCUT2D eigenvalue weighted by Crippen LogP contribution is 2.38. The Kier molecular flexibility index (Phi) is 3.54. The highest BCUT2D eigenvalue weighted by atomic mass is 16.5. The highest BCUT2D eigenvalue weighted by Gasteiger charge is 2.36. The Labute approximate surface area is 139 Å². The molecule has 120 valence electrons. The molecule has 5 nitrogen and oxygen atoms in total. The number of carbonyl (C=O) groups excluding carboxylic acids is 1. The lowest BCUT2D eigenvalue weighted by atomic mass is 9.97. The molecule has 4 rings (SSSR count). The van der Waals surface area contributed by atoms with Crippen LogP contribution in [0.5, 0.6) is 5.75 Å². The van der Waals surface area contributed by atoms with Crippen molar-refractivity contribution in [1.29, 1.82) is 0 Å². The third-order valence-electron chi connectivity index (χ3n) is 4.22. The predicted molar refractivity (Wildman–Crippen MR) is 89.8 cm³/mol. The fraction of sp³-hybridized carbons (Fsp3) is 0.158. The van der Waals surface area contributed by atoms with E-state index in [1.807, 2.05) is 55.5 Å². The molecule has 5 heteroatoms. The second kappa shape index (κ2) is 5.85. The first-order chi connectivity index (χ1) is 11.7. The summed E-state index contributed by atoms with van der Waals surface area (Å²) in [5, 5.41) is 2.93. The minimum atomic E-state index is -0.531. The summed E-state index contributed by atoms with van der Waals surface area (Å²) >= 11 is 0. The number of benzene rings is 2. The summed E-state index contributed by atoms with van der Waals surface area (Å²) in [6, 6.07) is 15.2. The number of fused-ring (bicyclic) bond motifs is 1. The molecule has 0 unspecified atom stereocenters. The predicted octanol–water partition coefficient (Wildman–Crippen LogP) is 3.84. The van der Waals surface area contributed by atoms with Crippen LogP contribution in [0.25, 0.3) is 11.3 Å². The van der Waals surface area contributed by atoms with Gasteiger partial charge in [-0.05, 0) is 18.2 Å². The number of amides is 1. The van der Waals surface area contributed by atoms with E-state index in [0.717, 1.165) is 16.9 Å².